The van der Waals surface area contributed by atoms with Crippen LogP contribution in [0.25, 0.3) is 0 Å². The van der Waals surface area contributed by atoms with E-state index in [4.69, 9.17) is 23.2 Å². The Hall–Kier alpha value is -1.99. The summed E-state index contributed by atoms with van der Waals surface area (Å²) in [4.78, 5) is 31.8. The van der Waals surface area contributed by atoms with Crippen LogP contribution in [-0.4, -0.2) is 70.9 Å². The molecule has 2 saturated heterocycles. The molecule has 2 amide bonds. The minimum atomic E-state index is -0.208. The van der Waals surface area contributed by atoms with Crippen molar-refractivity contribution < 1.29 is 14.7 Å². The molecule has 0 bridgehead atoms. The molecule has 2 unspecified atom stereocenters. The van der Waals surface area contributed by atoms with Crippen LogP contribution in [0, 0.1) is 0 Å². The fourth-order valence-electron chi connectivity index (χ4n) is 6.27. The molecule has 2 atom stereocenters. The zero-order chi connectivity index (χ0) is 25.4. The van der Waals surface area contributed by atoms with E-state index in [0.29, 0.717) is 34.0 Å². The lowest BCUT2D eigenvalue weighted by molar-refractivity contribution is -0.136. The summed E-state index contributed by atoms with van der Waals surface area (Å²) in [5.74, 6) is 0.160. The summed E-state index contributed by atoms with van der Waals surface area (Å²) in [6.07, 6.45) is 5.65. The SMILES string of the molecule is CN1C(=O)c2c(O)cccc2C1C(CCN1CCC(N2CCCCC2=O)CC1)c1ccc(Cl)c(Cl)c1.Cl. The van der Waals surface area contributed by atoms with E-state index < -0.39 is 0 Å². The summed E-state index contributed by atoms with van der Waals surface area (Å²) in [6.45, 7) is 3.69. The number of rotatable bonds is 6. The van der Waals surface area contributed by atoms with Crippen LogP contribution in [-0.2, 0) is 4.79 Å². The lowest BCUT2D eigenvalue weighted by Gasteiger charge is -2.41. The van der Waals surface area contributed by atoms with Gasteiger partial charge in [-0.15, -0.1) is 12.4 Å². The van der Waals surface area contributed by atoms with Gasteiger partial charge in [-0.05, 0) is 68.0 Å². The summed E-state index contributed by atoms with van der Waals surface area (Å²) in [5.41, 5.74) is 2.27. The van der Waals surface area contributed by atoms with Crippen molar-refractivity contribution in [3.05, 3.63) is 63.1 Å². The molecule has 3 aliphatic heterocycles. The maximum Gasteiger partial charge on any atom is 0.258 e. The van der Waals surface area contributed by atoms with Crippen LogP contribution in [0.5, 0.6) is 5.75 Å². The third-order valence-corrected chi connectivity index (χ3v) is 8.95. The number of nitrogens with zero attached hydrogens (tertiary/aromatic N) is 3. The van der Waals surface area contributed by atoms with Gasteiger partial charge in [-0.1, -0.05) is 41.4 Å². The largest absolute Gasteiger partial charge is 0.507 e. The Labute approximate surface area is 234 Å². The highest BCUT2D eigenvalue weighted by Gasteiger charge is 2.41. The zero-order valence-corrected chi connectivity index (χ0v) is 23.4. The maximum absolute atomic E-state index is 13.1. The lowest BCUT2D eigenvalue weighted by Crippen LogP contribution is -2.49. The van der Waals surface area contributed by atoms with Crippen LogP contribution in [0.3, 0.4) is 0 Å². The molecular formula is C28H34Cl3N3O3. The number of amides is 2. The molecule has 6 nitrogen and oxygen atoms in total. The van der Waals surface area contributed by atoms with Gasteiger partial charge in [0.1, 0.15) is 5.75 Å². The number of hydrogen-bond acceptors (Lipinski definition) is 4. The van der Waals surface area contributed by atoms with E-state index in [2.05, 4.69) is 9.80 Å². The topological polar surface area (TPSA) is 64.1 Å². The van der Waals surface area contributed by atoms with Crippen molar-refractivity contribution in [3.8, 4) is 5.75 Å². The smallest absolute Gasteiger partial charge is 0.258 e. The number of likely N-dealkylation sites (tertiary alicyclic amines) is 2. The molecule has 0 spiro atoms. The van der Waals surface area contributed by atoms with Gasteiger partial charge in [0.25, 0.3) is 5.91 Å². The highest BCUT2D eigenvalue weighted by Crippen LogP contribution is 2.47. The number of likely N-dealkylation sites (N-methyl/N-ethyl adjacent to an activating group) is 1. The number of phenols is 1. The van der Waals surface area contributed by atoms with Crippen LogP contribution in [0.2, 0.25) is 10.0 Å². The van der Waals surface area contributed by atoms with E-state index >= 15 is 0 Å². The van der Waals surface area contributed by atoms with Crippen molar-refractivity contribution in [2.24, 2.45) is 0 Å². The molecule has 200 valence electrons. The first-order valence-corrected chi connectivity index (χ1v) is 13.7. The van der Waals surface area contributed by atoms with Crippen LogP contribution in [0.1, 0.15) is 72.0 Å². The molecule has 9 heteroatoms. The summed E-state index contributed by atoms with van der Waals surface area (Å²) in [5, 5.41) is 11.4. The minimum absolute atomic E-state index is 0. The van der Waals surface area contributed by atoms with Gasteiger partial charge in [0.2, 0.25) is 5.91 Å². The molecule has 3 aliphatic rings. The Morgan fingerprint density at radius 1 is 1.03 bits per heavy atom. The number of halogens is 3. The Balaban J connectivity index is 0.00000320. The van der Waals surface area contributed by atoms with E-state index in [9.17, 15) is 14.7 Å². The Kier molecular flexibility index (Phi) is 8.95. The first-order valence-electron chi connectivity index (χ1n) is 12.9. The average molecular weight is 567 g/mol. The van der Waals surface area contributed by atoms with Gasteiger partial charge in [-0.2, -0.15) is 0 Å². The molecule has 37 heavy (non-hydrogen) atoms. The van der Waals surface area contributed by atoms with Gasteiger partial charge in [0.05, 0.1) is 21.7 Å². The maximum atomic E-state index is 13.1. The van der Waals surface area contributed by atoms with Gasteiger partial charge in [0, 0.05) is 45.1 Å². The number of carbonyl (C=O) groups is 2. The fraction of sp³-hybridized carbons (Fsp3) is 0.500. The van der Waals surface area contributed by atoms with Crippen molar-refractivity contribution in [2.45, 2.75) is 56.5 Å². The highest BCUT2D eigenvalue weighted by molar-refractivity contribution is 6.42. The molecular weight excluding hydrogens is 533 g/mol. The van der Waals surface area contributed by atoms with Crippen LogP contribution >= 0.6 is 35.6 Å². The molecule has 5 rings (SSSR count). The molecule has 2 fully saturated rings. The number of aromatic hydroxyl groups is 1. The predicted octanol–water partition coefficient (Wildman–Crippen LogP) is 5.90. The number of piperidine rings is 2. The molecule has 1 N–H and O–H groups in total. The molecule has 0 radical (unpaired) electrons. The van der Waals surface area contributed by atoms with Crippen molar-refractivity contribution >= 4 is 47.4 Å². The average Bonchev–Trinajstić information content (AvgIpc) is 3.13. The number of hydrogen-bond donors (Lipinski definition) is 1. The quantitative estimate of drug-likeness (QED) is 0.473. The molecule has 3 heterocycles. The Morgan fingerprint density at radius 2 is 1.78 bits per heavy atom. The van der Waals surface area contributed by atoms with Gasteiger partial charge >= 0.3 is 0 Å². The van der Waals surface area contributed by atoms with Gasteiger partial charge < -0.3 is 19.8 Å². The monoisotopic (exact) mass is 565 g/mol. The molecule has 0 aliphatic carbocycles. The second kappa shape index (κ2) is 11.8. The van der Waals surface area contributed by atoms with E-state index in [1.54, 1.807) is 24.1 Å². The minimum Gasteiger partial charge on any atom is -0.507 e. The molecule has 2 aromatic rings. The van der Waals surface area contributed by atoms with Crippen LogP contribution < -0.4 is 0 Å². The third kappa shape index (κ3) is 5.58. The normalized spacial score (nSPS) is 21.6. The van der Waals surface area contributed by atoms with E-state index in [1.165, 1.54) is 0 Å². The summed E-state index contributed by atoms with van der Waals surface area (Å²) < 4.78 is 0. The van der Waals surface area contributed by atoms with Crippen LogP contribution in [0.15, 0.2) is 36.4 Å². The van der Waals surface area contributed by atoms with Crippen LogP contribution in [0.4, 0.5) is 0 Å². The Bertz CT molecular complexity index is 1150. The van der Waals surface area contributed by atoms with Crippen molar-refractivity contribution in [2.75, 3.05) is 33.2 Å². The predicted molar refractivity (Wildman–Crippen MR) is 149 cm³/mol. The van der Waals surface area contributed by atoms with Gasteiger partial charge in [0.15, 0.2) is 0 Å². The summed E-state index contributed by atoms with van der Waals surface area (Å²) in [7, 11) is 1.80. The van der Waals surface area contributed by atoms with Crippen molar-refractivity contribution in [1.29, 1.82) is 0 Å². The second-order valence-corrected chi connectivity index (χ2v) is 11.1. The number of phenolic OH excluding ortho intramolecular Hbond substituents is 1. The number of benzene rings is 2. The number of fused-ring (bicyclic) bond motifs is 1. The molecule has 0 aromatic heterocycles. The Morgan fingerprint density at radius 3 is 2.49 bits per heavy atom. The highest BCUT2D eigenvalue weighted by atomic mass is 35.5. The summed E-state index contributed by atoms with van der Waals surface area (Å²) in [6, 6.07) is 11.2. The van der Waals surface area contributed by atoms with E-state index in [-0.39, 0.29) is 36.0 Å². The fourth-order valence-corrected chi connectivity index (χ4v) is 6.58. The first kappa shape index (κ1) is 28.0. The van der Waals surface area contributed by atoms with Gasteiger partial charge in [-0.3, -0.25) is 9.59 Å². The van der Waals surface area contributed by atoms with E-state index in [0.717, 1.165) is 69.4 Å². The zero-order valence-electron chi connectivity index (χ0n) is 21.0. The van der Waals surface area contributed by atoms with E-state index in [1.807, 2.05) is 24.3 Å². The lowest BCUT2D eigenvalue weighted by atomic mass is 9.84. The van der Waals surface area contributed by atoms with Crippen molar-refractivity contribution in [3.63, 3.8) is 0 Å². The summed E-state index contributed by atoms with van der Waals surface area (Å²) >= 11 is 12.6. The third-order valence-electron chi connectivity index (χ3n) is 8.21. The first-order chi connectivity index (χ1) is 17.3. The molecule has 2 aromatic carbocycles. The standard InChI is InChI=1S/C28H33Cl2N3O3.ClH/c1-31-27(21-5-4-6-24(34)26(21)28(31)36)20(18-8-9-22(29)23(30)17-18)12-16-32-14-10-19(11-15-32)33-13-3-2-7-25(33)35;/h4-6,8-9,17,19-20,27,34H,2-3,7,10-16H2,1H3;1H. The number of carbonyl (C=O) groups excluding carboxylic acids is 2. The van der Waals surface area contributed by atoms with Gasteiger partial charge in [-0.25, -0.2) is 0 Å². The molecule has 0 saturated carbocycles. The van der Waals surface area contributed by atoms with Crippen molar-refractivity contribution in [1.82, 2.24) is 14.7 Å². The second-order valence-electron chi connectivity index (χ2n) is 10.3.